The van der Waals surface area contributed by atoms with E-state index in [1.165, 1.54) is 0 Å². The van der Waals surface area contributed by atoms with Crippen molar-refractivity contribution in [3.8, 4) is 5.75 Å². The first kappa shape index (κ1) is 22.7. The summed E-state index contributed by atoms with van der Waals surface area (Å²) in [5.41, 5.74) is 1.96. The van der Waals surface area contributed by atoms with Gasteiger partial charge in [0, 0.05) is 26.2 Å². The lowest BCUT2D eigenvalue weighted by atomic mass is 9.86. The Morgan fingerprint density at radius 3 is 2.26 bits per heavy atom. The van der Waals surface area contributed by atoms with Crippen molar-refractivity contribution >= 4 is 17.6 Å². The number of carbonyl (C=O) groups excluding carboxylic acids is 2. The number of methoxy groups -OCH3 is 1. The van der Waals surface area contributed by atoms with Crippen molar-refractivity contribution in [2.24, 2.45) is 5.92 Å². The molecule has 3 rings (SSSR count). The molecule has 1 aliphatic heterocycles. The molecule has 0 aromatic heterocycles. The summed E-state index contributed by atoms with van der Waals surface area (Å²) in [7, 11) is 1.66. The largest absolute Gasteiger partial charge is 0.495 e. The Kier molecular flexibility index (Phi) is 7.93. The van der Waals surface area contributed by atoms with Crippen LogP contribution in [0.1, 0.15) is 31.7 Å². The number of hydrogen-bond donors (Lipinski definition) is 0. The minimum absolute atomic E-state index is 0.134. The molecule has 1 aliphatic rings. The Hall–Kier alpha value is -3.02. The summed E-state index contributed by atoms with van der Waals surface area (Å²) in [5, 5.41) is 0. The normalized spacial score (nSPS) is 15.8. The highest BCUT2D eigenvalue weighted by Crippen LogP contribution is 2.29. The second-order valence-corrected chi connectivity index (χ2v) is 7.92. The lowest BCUT2D eigenvalue weighted by Gasteiger charge is -2.36. The van der Waals surface area contributed by atoms with Crippen LogP contribution in [0.2, 0.25) is 0 Å². The molecule has 1 saturated heterocycles. The molecule has 0 N–H and O–H groups in total. The molecule has 2 aromatic carbocycles. The van der Waals surface area contributed by atoms with Gasteiger partial charge in [0.25, 0.3) is 5.91 Å². The first-order valence-corrected chi connectivity index (χ1v) is 10.9. The van der Waals surface area contributed by atoms with Gasteiger partial charge in [0.1, 0.15) is 5.75 Å². The van der Waals surface area contributed by atoms with Gasteiger partial charge in [-0.2, -0.15) is 0 Å². The molecule has 6 nitrogen and oxygen atoms in total. The van der Waals surface area contributed by atoms with Crippen LogP contribution in [0.4, 0.5) is 5.69 Å². The van der Waals surface area contributed by atoms with E-state index in [0.717, 1.165) is 23.4 Å². The number of hydrogen-bond acceptors (Lipinski definition) is 5. The van der Waals surface area contributed by atoms with E-state index < -0.39 is 0 Å². The molecule has 0 spiro atoms. The zero-order valence-electron chi connectivity index (χ0n) is 18.6. The van der Waals surface area contributed by atoms with Gasteiger partial charge in [0.05, 0.1) is 18.7 Å². The molecule has 0 aliphatic carbocycles. The van der Waals surface area contributed by atoms with Gasteiger partial charge in [0.15, 0.2) is 6.61 Å². The highest BCUT2D eigenvalue weighted by molar-refractivity contribution is 5.83. The van der Waals surface area contributed by atoms with Crippen molar-refractivity contribution in [2.45, 2.75) is 26.2 Å². The zero-order chi connectivity index (χ0) is 22.2. The third-order valence-electron chi connectivity index (χ3n) is 6.02. The van der Waals surface area contributed by atoms with Crippen LogP contribution in [0.15, 0.2) is 54.6 Å². The molecule has 0 unspecified atom stereocenters. The molecule has 1 heterocycles. The van der Waals surface area contributed by atoms with Crippen molar-refractivity contribution in [3.05, 3.63) is 60.2 Å². The monoisotopic (exact) mass is 424 g/mol. The Morgan fingerprint density at radius 1 is 0.968 bits per heavy atom. The van der Waals surface area contributed by atoms with Gasteiger partial charge in [0.2, 0.25) is 0 Å². The predicted octanol–water partition coefficient (Wildman–Crippen LogP) is 3.72. The number of ether oxygens (including phenoxy) is 2. The van der Waals surface area contributed by atoms with E-state index in [-0.39, 0.29) is 30.3 Å². The zero-order valence-corrected chi connectivity index (χ0v) is 18.6. The highest BCUT2D eigenvalue weighted by Gasteiger charge is 2.29. The van der Waals surface area contributed by atoms with Crippen LogP contribution < -0.4 is 9.64 Å². The summed E-state index contributed by atoms with van der Waals surface area (Å²) in [5.74, 6) is 0.120. The quantitative estimate of drug-likeness (QED) is 0.605. The fraction of sp³-hybridized carbons (Fsp3) is 0.440. The molecule has 0 bridgehead atoms. The maximum absolute atomic E-state index is 12.8. The molecule has 0 saturated carbocycles. The number of amides is 1. The van der Waals surface area contributed by atoms with Crippen molar-refractivity contribution in [1.29, 1.82) is 0 Å². The Morgan fingerprint density at radius 2 is 1.61 bits per heavy atom. The molecule has 166 valence electrons. The molecule has 6 heteroatoms. The van der Waals surface area contributed by atoms with E-state index in [1.54, 1.807) is 12.0 Å². The average Bonchev–Trinajstić information content (AvgIpc) is 2.83. The first-order chi connectivity index (χ1) is 15.0. The summed E-state index contributed by atoms with van der Waals surface area (Å²) in [6.07, 6.45) is 0.855. The van der Waals surface area contributed by atoms with E-state index in [2.05, 4.69) is 11.8 Å². The number of benzene rings is 2. The standard InChI is InChI=1S/C25H32N2O4/c1-4-19(2)24(20-10-6-5-7-11-20)25(29)31-18-23(28)27-16-14-26(15-17-27)21-12-8-9-13-22(21)30-3/h5-13,19,24H,4,14-18H2,1-3H3/t19-,24-/m0/s1. The summed E-state index contributed by atoms with van der Waals surface area (Å²) in [6.45, 7) is 6.47. The van der Waals surface area contributed by atoms with Gasteiger partial charge in [-0.1, -0.05) is 62.7 Å². The molecular formula is C25H32N2O4. The predicted molar refractivity (Wildman–Crippen MR) is 121 cm³/mol. The number of para-hydroxylation sites is 2. The summed E-state index contributed by atoms with van der Waals surface area (Å²) in [4.78, 5) is 29.5. The summed E-state index contributed by atoms with van der Waals surface area (Å²) < 4.78 is 10.9. The van der Waals surface area contributed by atoms with E-state index in [0.29, 0.717) is 26.2 Å². The van der Waals surface area contributed by atoms with Crippen LogP contribution in [0.3, 0.4) is 0 Å². The maximum atomic E-state index is 12.8. The van der Waals surface area contributed by atoms with Gasteiger partial charge < -0.3 is 19.3 Å². The Balaban J connectivity index is 1.54. The number of rotatable bonds is 8. The van der Waals surface area contributed by atoms with Crippen molar-refractivity contribution in [1.82, 2.24) is 4.90 Å². The van der Waals surface area contributed by atoms with Gasteiger partial charge in [-0.25, -0.2) is 0 Å². The average molecular weight is 425 g/mol. The second kappa shape index (κ2) is 10.8. The maximum Gasteiger partial charge on any atom is 0.314 e. The molecule has 1 fully saturated rings. The van der Waals surface area contributed by atoms with E-state index in [9.17, 15) is 9.59 Å². The number of carbonyl (C=O) groups is 2. The van der Waals surface area contributed by atoms with E-state index >= 15 is 0 Å². The fourth-order valence-electron chi connectivity index (χ4n) is 3.99. The summed E-state index contributed by atoms with van der Waals surface area (Å²) >= 11 is 0. The van der Waals surface area contributed by atoms with Gasteiger partial charge in [-0.15, -0.1) is 0 Å². The van der Waals surface area contributed by atoms with Crippen molar-refractivity contribution in [3.63, 3.8) is 0 Å². The smallest absolute Gasteiger partial charge is 0.314 e. The summed E-state index contributed by atoms with van der Waals surface area (Å²) in [6, 6.07) is 17.5. The fourth-order valence-corrected chi connectivity index (χ4v) is 3.99. The first-order valence-electron chi connectivity index (χ1n) is 10.9. The number of nitrogens with zero attached hydrogens (tertiary/aromatic N) is 2. The number of piperazine rings is 1. The van der Waals surface area contributed by atoms with Crippen LogP contribution in [0.25, 0.3) is 0 Å². The van der Waals surface area contributed by atoms with E-state index in [4.69, 9.17) is 9.47 Å². The number of anilines is 1. The molecule has 0 radical (unpaired) electrons. The minimum atomic E-state index is -0.360. The molecule has 2 atom stereocenters. The van der Waals surface area contributed by atoms with Crippen molar-refractivity contribution in [2.75, 3.05) is 44.8 Å². The lowest BCUT2D eigenvalue weighted by Crippen LogP contribution is -2.50. The van der Waals surface area contributed by atoms with Gasteiger partial charge >= 0.3 is 5.97 Å². The Labute approximate surface area is 184 Å². The molecule has 2 aromatic rings. The van der Waals surface area contributed by atoms with Crippen LogP contribution >= 0.6 is 0 Å². The Bertz CT molecular complexity index is 863. The lowest BCUT2D eigenvalue weighted by molar-refractivity contribution is -0.154. The molecule has 31 heavy (non-hydrogen) atoms. The van der Waals surface area contributed by atoms with E-state index in [1.807, 2.05) is 61.5 Å². The van der Waals surface area contributed by atoms with Crippen LogP contribution in [0, 0.1) is 5.92 Å². The van der Waals surface area contributed by atoms with Gasteiger partial charge in [-0.3, -0.25) is 9.59 Å². The van der Waals surface area contributed by atoms with Gasteiger partial charge in [-0.05, 0) is 23.6 Å². The molecular weight excluding hydrogens is 392 g/mol. The van der Waals surface area contributed by atoms with Crippen LogP contribution in [-0.2, 0) is 14.3 Å². The highest BCUT2D eigenvalue weighted by atomic mass is 16.5. The van der Waals surface area contributed by atoms with Crippen molar-refractivity contribution < 1.29 is 19.1 Å². The second-order valence-electron chi connectivity index (χ2n) is 7.92. The minimum Gasteiger partial charge on any atom is -0.495 e. The molecule has 1 amide bonds. The third kappa shape index (κ3) is 5.57. The van der Waals surface area contributed by atoms with Crippen LogP contribution in [-0.4, -0.2) is 56.7 Å². The SMILES string of the molecule is CC[C@H](C)[C@H](C(=O)OCC(=O)N1CCN(c2ccccc2OC)CC1)c1ccccc1. The third-order valence-corrected chi connectivity index (χ3v) is 6.02. The van der Waals surface area contributed by atoms with Crippen LogP contribution in [0.5, 0.6) is 5.75 Å². The topological polar surface area (TPSA) is 59.1 Å². The number of esters is 1.